The summed E-state index contributed by atoms with van der Waals surface area (Å²) in [6.45, 7) is 1.69. The molecule has 0 aliphatic carbocycles. The maximum atomic E-state index is 12.8. The van der Waals surface area contributed by atoms with Gasteiger partial charge in [-0.2, -0.15) is 0 Å². The van der Waals surface area contributed by atoms with Gasteiger partial charge in [-0.3, -0.25) is 34.7 Å². The second-order valence-electron chi connectivity index (χ2n) is 7.15. The molecule has 2 heterocycles. The molecule has 1 fully saturated rings. The van der Waals surface area contributed by atoms with E-state index in [4.69, 9.17) is 4.42 Å². The van der Waals surface area contributed by atoms with Crippen molar-refractivity contribution < 1.29 is 23.9 Å². The fourth-order valence-corrected chi connectivity index (χ4v) is 4.10. The second kappa shape index (κ2) is 8.71. The number of aryl methyl sites for hydroxylation is 1. The number of non-ortho nitro benzene ring substituents is 2. The van der Waals surface area contributed by atoms with Crippen LogP contribution in [0.15, 0.2) is 63.9 Å². The Morgan fingerprint density at radius 3 is 2.45 bits per heavy atom. The lowest BCUT2D eigenvalue weighted by Crippen LogP contribution is -2.27. The molecular weight excluding hydrogens is 450 g/mol. The lowest BCUT2D eigenvalue weighted by atomic mass is 10.1. The summed E-state index contributed by atoms with van der Waals surface area (Å²) >= 11 is 0.736. The number of nitro groups is 2. The van der Waals surface area contributed by atoms with Crippen LogP contribution in [0.25, 0.3) is 17.4 Å². The number of hydrogen-bond donors (Lipinski definition) is 0. The largest absolute Gasteiger partial charge is 0.457 e. The van der Waals surface area contributed by atoms with E-state index in [0.29, 0.717) is 22.6 Å². The van der Waals surface area contributed by atoms with E-state index < -0.39 is 21.0 Å². The molecule has 10 nitrogen and oxygen atoms in total. The van der Waals surface area contributed by atoms with Crippen LogP contribution in [0.1, 0.15) is 16.9 Å². The highest BCUT2D eigenvalue weighted by Crippen LogP contribution is 2.35. The van der Waals surface area contributed by atoms with Gasteiger partial charge in [0.15, 0.2) is 0 Å². The zero-order chi connectivity index (χ0) is 23.7. The molecule has 1 aromatic heterocycles. The average Bonchev–Trinajstić information content (AvgIpc) is 3.34. The van der Waals surface area contributed by atoms with Crippen molar-refractivity contribution in [2.24, 2.45) is 0 Å². The van der Waals surface area contributed by atoms with Crippen molar-refractivity contribution in [1.29, 1.82) is 0 Å². The summed E-state index contributed by atoms with van der Waals surface area (Å²) in [5.74, 6) is 0.149. The molecule has 0 bridgehead atoms. The van der Waals surface area contributed by atoms with E-state index in [1.807, 2.05) is 0 Å². The van der Waals surface area contributed by atoms with Crippen LogP contribution < -0.4 is 0 Å². The summed E-state index contributed by atoms with van der Waals surface area (Å²) in [6.07, 6.45) is 1.43. The van der Waals surface area contributed by atoms with Crippen LogP contribution in [-0.4, -0.2) is 25.9 Å². The number of nitro benzene ring substituents is 2. The summed E-state index contributed by atoms with van der Waals surface area (Å²) in [6, 6.07) is 13.4. The number of amides is 2. The quantitative estimate of drug-likeness (QED) is 0.271. The van der Waals surface area contributed by atoms with Crippen molar-refractivity contribution in [2.45, 2.75) is 13.5 Å². The molecule has 1 aliphatic heterocycles. The number of nitrogens with zero attached hydrogens (tertiary/aromatic N) is 3. The molecule has 2 aromatic carbocycles. The summed E-state index contributed by atoms with van der Waals surface area (Å²) < 4.78 is 5.76. The first-order valence-corrected chi connectivity index (χ1v) is 10.4. The Labute approximate surface area is 190 Å². The number of rotatable bonds is 6. The van der Waals surface area contributed by atoms with E-state index in [2.05, 4.69) is 0 Å². The van der Waals surface area contributed by atoms with Crippen LogP contribution in [0, 0.1) is 27.2 Å². The number of benzene rings is 2. The second-order valence-corrected chi connectivity index (χ2v) is 8.15. The smallest absolute Gasteiger partial charge is 0.293 e. The van der Waals surface area contributed by atoms with Crippen LogP contribution in [-0.2, 0) is 11.3 Å². The third-order valence-corrected chi connectivity index (χ3v) is 5.84. The van der Waals surface area contributed by atoms with Gasteiger partial charge in [0.1, 0.15) is 11.5 Å². The van der Waals surface area contributed by atoms with Crippen LogP contribution in [0.2, 0.25) is 0 Å². The average molecular weight is 465 g/mol. The van der Waals surface area contributed by atoms with Crippen molar-refractivity contribution in [3.8, 4) is 11.3 Å². The summed E-state index contributed by atoms with van der Waals surface area (Å²) in [5.41, 5.74) is 1.57. The molecule has 0 saturated carbocycles. The van der Waals surface area contributed by atoms with Gasteiger partial charge in [0.05, 0.1) is 21.3 Å². The van der Waals surface area contributed by atoms with Gasteiger partial charge < -0.3 is 4.42 Å². The fourth-order valence-electron chi connectivity index (χ4n) is 3.28. The highest BCUT2D eigenvalue weighted by Gasteiger charge is 2.35. The molecule has 2 amide bonds. The first kappa shape index (κ1) is 22.0. The standard InChI is InChI=1S/C22H15N3O7S/c1-13-5-6-16(25(30)31)10-18(13)19-8-7-17(32-19)11-20-21(26)23(22(27)33-20)12-14-3-2-4-15(9-14)24(28)29/h2-11H,12H2,1H3/b20-11+. The Bertz CT molecular complexity index is 1350. The number of thioether (sulfide) groups is 1. The van der Waals surface area contributed by atoms with Crippen LogP contribution in [0.5, 0.6) is 0 Å². The molecule has 0 unspecified atom stereocenters. The Morgan fingerprint density at radius 1 is 1.00 bits per heavy atom. The molecule has 0 radical (unpaired) electrons. The van der Waals surface area contributed by atoms with Gasteiger partial charge in [-0.1, -0.05) is 18.2 Å². The molecule has 33 heavy (non-hydrogen) atoms. The minimum Gasteiger partial charge on any atom is -0.457 e. The van der Waals surface area contributed by atoms with Crippen LogP contribution in [0.3, 0.4) is 0 Å². The van der Waals surface area contributed by atoms with Crippen molar-refractivity contribution >= 4 is 40.4 Å². The fraction of sp³-hybridized carbons (Fsp3) is 0.0909. The Morgan fingerprint density at radius 2 is 1.73 bits per heavy atom. The van der Waals surface area contributed by atoms with Gasteiger partial charge in [0.25, 0.3) is 22.5 Å². The molecule has 0 N–H and O–H groups in total. The molecule has 166 valence electrons. The highest BCUT2D eigenvalue weighted by molar-refractivity contribution is 8.18. The number of furan rings is 1. The third-order valence-electron chi connectivity index (χ3n) is 4.93. The molecule has 4 rings (SSSR count). The van der Waals surface area contributed by atoms with Crippen molar-refractivity contribution in [1.82, 2.24) is 4.90 Å². The predicted molar refractivity (Wildman–Crippen MR) is 120 cm³/mol. The monoisotopic (exact) mass is 465 g/mol. The maximum absolute atomic E-state index is 12.8. The Hall–Kier alpha value is -4.25. The van der Waals surface area contributed by atoms with Crippen molar-refractivity contribution in [3.63, 3.8) is 0 Å². The number of hydrogen-bond acceptors (Lipinski definition) is 8. The van der Waals surface area contributed by atoms with Crippen LogP contribution >= 0.6 is 11.8 Å². The zero-order valence-corrected chi connectivity index (χ0v) is 17.9. The first-order chi connectivity index (χ1) is 15.7. The summed E-state index contributed by atoms with van der Waals surface area (Å²) in [7, 11) is 0. The third kappa shape index (κ3) is 4.53. The van der Waals surface area contributed by atoms with Gasteiger partial charge in [0, 0.05) is 35.9 Å². The summed E-state index contributed by atoms with van der Waals surface area (Å²) in [5, 5.41) is 21.5. The predicted octanol–water partition coefficient (Wildman–Crippen LogP) is 5.31. The van der Waals surface area contributed by atoms with Crippen molar-refractivity contribution in [2.75, 3.05) is 0 Å². The maximum Gasteiger partial charge on any atom is 0.293 e. The van der Waals surface area contributed by atoms with Gasteiger partial charge in [-0.05, 0) is 41.9 Å². The van der Waals surface area contributed by atoms with Gasteiger partial charge in [-0.25, -0.2) is 0 Å². The Kier molecular flexibility index (Phi) is 5.80. The number of carbonyl (C=O) groups excluding carboxylic acids is 2. The molecule has 1 aliphatic rings. The van der Waals surface area contributed by atoms with E-state index in [0.717, 1.165) is 22.2 Å². The normalized spacial score (nSPS) is 14.8. The lowest BCUT2D eigenvalue weighted by Gasteiger charge is -2.12. The van der Waals surface area contributed by atoms with Gasteiger partial charge in [0.2, 0.25) is 0 Å². The van der Waals surface area contributed by atoms with E-state index >= 15 is 0 Å². The van der Waals surface area contributed by atoms with Crippen molar-refractivity contribution in [3.05, 3.63) is 96.6 Å². The van der Waals surface area contributed by atoms with Crippen LogP contribution in [0.4, 0.5) is 16.2 Å². The summed E-state index contributed by atoms with van der Waals surface area (Å²) in [4.78, 5) is 47.3. The minimum atomic E-state index is -0.547. The molecule has 3 aromatic rings. The highest BCUT2D eigenvalue weighted by atomic mass is 32.2. The molecule has 0 atom stereocenters. The Balaban J connectivity index is 1.56. The topological polar surface area (TPSA) is 137 Å². The molecular formula is C22H15N3O7S. The van der Waals surface area contributed by atoms with Gasteiger partial charge >= 0.3 is 0 Å². The van der Waals surface area contributed by atoms with E-state index in [1.165, 1.54) is 36.4 Å². The zero-order valence-electron chi connectivity index (χ0n) is 17.1. The molecule has 11 heteroatoms. The van der Waals surface area contributed by atoms with Gasteiger partial charge in [-0.15, -0.1) is 0 Å². The number of carbonyl (C=O) groups is 2. The van der Waals surface area contributed by atoms with E-state index in [-0.39, 0.29) is 22.8 Å². The SMILES string of the molecule is Cc1ccc([N+](=O)[O-])cc1-c1ccc(/C=C2/SC(=O)N(Cc3cccc([N+](=O)[O-])c3)C2=O)o1. The minimum absolute atomic E-state index is 0.0733. The lowest BCUT2D eigenvalue weighted by molar-refractivity contribution is -0.385. The first-order valence-electron chi connectivity index (χ1n) is 9.57. The van der Waals surface area contributed by atoms with E-state index in [1.54, 1.807) is 31.2 Å². The molecule has 0 spiro atoms. The number of imide groups is 1. The molecule has 1 saturated heterocycles. The van der Waals surface area contributed by atoms with E-state index in [9.17, 15) is 29.8 Å².